The van der Waals surface area contributed by atoms with Gasteiger partial charge in [-0.3, -0.25) is 4.90 Å². The van der Waals surface area contributed by atoms with E-state index in [0.717, 1.165) is 0 Å². The Morgan fingerprint density at radius 2 is 2.37 bits per heavy atom. The number of amides is 2. The third kappa shape index (κ3) is 3.14. The topological polar surface area (TPSA) is 78.9 Å². The van der Waals surface area contributed by atoms with Crippen LogP contribution in [0, 0.1) is 5.82 Å². The molecule has 2 N–H and O–H groups in total. The van der Waals surface area contributed by atoms with Crippen LogP contribution in [-0.2, 0) is 4.74 Å². The first kappa shape index (κ1) is 13.6. The first-order chi connectivity index (χ1) is 8.97. The van der Waals surface area contributed by atoms with Crippen LogP contribution in [0.5, 0.6) is 0 Å². The number of carbonyl (C=O) groups excluding carboxylic acids is 1. The van der Waals surface area contributed by atoms with Gasteiger partial charge < -0.3 is 15.2 Å². The summed E-state index contributed by atoms with van der Waals surface area (Å²) in [5, 5.41) is 10.6. The average Bonchev–Trinajstić information content (AvgIpc) is 2.72. The molecule has 1 atom stereocenters. The SMILES string of the molecule is O=C(O)NC[C@H]1CN(c2ccc(Br)c(F)c2)C(=O)O1. The van der Waals surface area contributed by atoms with Crippen LogP contribution in [0.2, 0.25) is 0 Å². The highest BCUT2D eigenvalue weighted by atomic mass is 79.9. The molecule has 2 rings (SSSR count). The van der Waals surface area contributed by atoms with Crippen molar-refractivity contribution in [3.8, 4) is 0 Å². The number of hydrogen-bond acceptors (Lipinski definition) is 3. The van der Waals surface area contributed by atoms with Crippen molar-refractivity contribution in [2.24, 2.45) is 0 Å². The number of benzene rings is 1. The summed E-state index contributed by atoms with van der Waals surface area (Å²) >= 11 is 3.02. The van der Waals surface area contributed by atoms with Gasteiger partial charge in [-0.05, 0) is 34.1 Å². The summed E-state index contributed by atoms with van der Waals surface area (Å²) < 4.78 is 18.7. The molecule has 6 nitrogen and oxygen atoms in total. The second-order valence-electron chi connectivity index (χ2n) is 3.90. The van der Waals surface area contributed by atoms with E-state index in [4.69, 9.17) is 9.84 Å². The lowest BCUT2D eigenvalue weighted by atomic mass is 10.2. The molecule has 1 aliphatic rings. The lowest BCUT2D eigenvalue weighted by molar-refractivity contribution is 0.136. The van der Waals surface area contributed by atoms with Crippen LogP contribution in [0.4, 0.5) is 19.7 Å². The fraction of sp³-hybridized carbons (Fsp3) is 0.273. The first-order valence-electron chi connectivity index (χ1n) is 5.37. The number of halogens is 2. The van der Waals surface area contributed by atoms with Gasteiger partial charge in [-0.25, -0.2) is 14.0 Å². The molecule has 0 spiro atoms. The standard InChI is InChI=1S/C11H10BrFN2O4/c12-8-2-1-6(3-9(8)13)15-5-7(19-11(15)18)4-14-10(16)17/h1-3,7,14H,4-5H2,(H,16,17)/t7-/m0/s1. The van der Waals surface area contributed by atoms with Gasteiger partial charge in [-0.2, -0.15) is 0 Å². The summed E-state index contributed by atoms with van der Waals surface area (Å²) in [4.78, 5) is 23.2. The fourth-order valence-corrected chi connectivity index (χ4v) is 1.94. The highest BCUT2D eigenvalue weighted by Crippen LogP contribution is 2.25. The molecule has 1 aromatic rings. The van der Waals surface area contributed by atoms with Gasteiger partial charge in [0, 0.05) is 0 Å². The molecule has 1 fully saturated rings. The zero-order valence-electron chi connectivity index (χ0n) is 9.60. The third-order valence-electron chi connectivity index (χ3n) is 2.57. The molecule has 0 aliphatic carbocycles. The van der Waals surface area contributed by atoms with Gasteiger partial charge in [0.05, 0.1) is 23.2 Å². The van der Waals surface area contributed by atoms with E-state index >= 15 is 0 Å². The van der Waals surface area contributed by atoms with Gasteiger partial charge in [0.25, 0.3) is 0 Å². The Bertz CT molecular complexity index is 525. The molecule has 0 bridgehead atoms. The maximum absolute atomic E-state index is 13.4. The molecular formula is C11H10BrFN2O4. The normalized spacial score (nSPS) is 18.3. The highest BCUT2D eigenvalue weighted by Gasteiger charge is 2.32. The number of ether oxygens (including phenoxy) is 1. The van der Waals surface area contributed by atoms with Crippen molar-refractivity contribution in [1.29, 1.82) is 0 Å². The zero-order chi connectivity index (χ0) is 14.0. The van der Waals surface area contributed by atoms with Crippen LogP contribution in [0.1, 0.15) is 0 Å². The van der Waals surface area contributed by atoms with Crippen LogP contribution >= 0.6 is 15.9 Å². The molecule has 19 heavy (non-hydrogen) atoms. The van der Waals surface area contributed by atoms with Crippen molar-refractivity contribution in [2.75, 3.05) is 18.0 Å². The molecule has 0 unspecified atom stereocenters. The Hall–Kier alpha value is -1.83. The van der Waals surface area contributed by atoms with Gasteiger partial charge in [-0.1, -0.05) is 0 Å². The second-order valence-corrected chi connectivity index (χ2v) is 4.76. The molecule has 0 aromatic heterocycles. The number of nitrogens with zero attached hydrogens (tertiary/aromatic N) is 1. The minimum absolute atomic E-state index is 0.00339. The number of nitrogens with one attached hydrogen (secondary N) is 1. The molecule has 102 valence electrons. The smallest absolute Gasteiger partial charge is 0.414 e. The largest absolute Gasteiger partial charge is 0.465 e. The maximum atomic E-state index is 13.4. The number of anilines is 1. The van der Waals surface area contributed by atoms with Gasteiger partial charge in [0.2, 0.25) is 0 Å². The summed E-state index contributed by atoms with van der Waals surface area (Å²) in [6, 6.07) is 4.26. The monoisotopic (exact) mass is 332 g/mol. The quantitative estimate of drug-likeness (QED) is 0.889. The Kier molecular flexibility index (Phi) is 3.89. The van der Waals surface area contributed by atoms with E-state index in [1.54, 1.807) is 6.07 Å². The number of hydrogen-bond donors (Lipinski definition) is 2. The molecule has 1 aromatic carbocycles. The van der Waals surface area contributed by atoms with Crippen molar-refractivity contribution in [1.82, 2.24) is 5.32 Å². The van der Waals surface area contributed by atoms with Crippen LogP contribution in [0.15, 0.2) is 22.7 Å². The highest BCUT2D eigenvalue weighted by molar-refractivity contribution is 9.10. The van der Waals surface area contributed by atoms with Gasteiger partial charge in [-0.15, -0.1) is 0 Å². The van der Waals surface area contributed by atoms with Crippen molar-refractivity contribution in [3.63, 3.8) is 0 Å². The molecule has 1 heterocycles. The molecule has 1 saturated heterocycles. The fourth-order valence-electron chi connectivity index (χ4n) is 1.69. The summed E-state index contributed by atoms with van der Waals surface area (Å²) in [6.45, 7) is 0.163. The summed E-state index contributed by atoms with van der Waals surface area (Å²) in [5.74, 6) is -0.489. The van der Waals surface area contributed by atoms with E-state index in [9.17, 15) is 14.0 Å². The number of carbonyl (C=O) groups is 2. The van der Waals surface area contributed by atoms with Crippen molar-refractivity contribution < 1.29 is 23.8 Å². The minimum atomic E-state index is -1.19. The van der Waals surface area contributed by atoms with Crippen LogP contribution in [0.25, 0.3) is 0 Å². The Morgan fingerprint density at radius 1 is 1.63 bits per heavy atom. The van der Waals surface area contributed by atoms with Crippen LogP contribution < -0.4 is 10.2 Å². The van der Waals surface area contributed by atoms with Crippen molar-refractivity contribution in [2.45, 2.75) is 6.10 Å². The number of rotatable bonds is 3. The van der Waals surface area contributed by atoms with Gasteiger partial charge in [0.15, 0.2) is 0 Å². The van der Waals surface area contributed by atoms with Crippen LogP contribution in [-0.4, -0.2) is 36.5 Å². The van der Waals surface area contributed by atoms with Crippen molar-refractivity contribution >= 4 is 33.8 Å². The average molecular weight is 333 g/mol. The van der Waals surface area contributed by atoms with Gasteiger partial charge in [0.1, 0.15) is 11.9 Å². The summed E-state index contributed by atoms with van der Waals surface area (Å²) in [6.07, 6.45) is -2.40. The Morgan fingerprint density at radius 3 is 3.00 bits per heavy atom. The van der Waals surface area contributed by atoms with Crippen LogP contribution in [0.3, 0.4) is 0 Å². The van der Waals surface area contributed by atoms with E-state index in [2.05, 4.69) is 21.2 Å². The lowest BCUT2D eigenvalue weighted by Crippen LogP contribution is -2.33. The summed E-state index contributed by atoms with van der Waals surface area (Å²) in [5.41, 5.74) is 0.364. The Balaban J connectivity index is 2.07. The van der Waals surface area contributed by atoms with Gasteiger partial charge >= 0.3 is 12.2 Å². The van der Waals surface area contributed by atoms with E-state index < -0.39 is 24.1 Å². The van der Waals surface area contributed by atoms with E-state index in [1.165, 1.54) is 17.0 Å². The molecule has 8 heteroatoms. The molecular weight excluding hydrogens is 323 g/mol. The predicted octanol–water partition coefficient (Wildman–Crippen LogP) is 2.18. The minimum Gasteiger partial charge on any atom is -0.465 e. The van der Waals surface area contributed by atoms with E-state index in [-0.39, 0.29) is 13.1 Å². The second kappa shape index (κ2) is 5.43. The van der Waals surface area contributed by atoms with E-state index in [1.807, 2.05) is 0 Å². The molecule has 2 amide bonds. The molecule has 1 aliphatic heterocycles. The molecule has 0 saturated carbocycles. The molecule has 0 radical (unpaired) electrons. The summed E-state index contributed by atoms with van der Waals surface area (Å²) in [7, 11) is 0. The number of carboxylic acid groups (broad SMARTS) is 1. The first-order valence-corrected chi connectivity index (χ1v) is 6.16. The zero-order valence-corrected chi connectivity index (χ0v) is 11.2. The lowest BCUT2D eigenvalue weighted by Gasteiger charge is -2.13. The van der Waals surface area contributed by atoms with Crippen molar-refractivity contribution in [3.05, 3.63) is 28.5 Å². The Labute approximate surface area is 116 Å². The van der Waals surface area contributed by atoms with E-state index in [0.29, 0.717) is 10.2 Å². The maximum Gasteiger partial charge on any atom is 0.414 e. The third-order valence-corrected chi connectivity index (χ3v) is 3.21. The predicted molar refractivity (Wildman–Crippen MR) is 67.7 cm³/mol. The number of cyclic esters (lactones) is 1.